The third-order valence-electron chi connectivity index (χ3n) is 6.47. The van der Waals surface area contributed by atoms with E-state index in [1.54, 1.807) is 11.3 Å². The van der Waals surface area contributed by atoms with E-state index in [2.05, 4.69) is 94.6 Å². The number of hydrogen-bond acceptors (Lipinski definition) is 3. The Morgan fingerprint density at radius 1 is 0.970 bits per heavy atom. The first-order chi connectivity index (χ1) is 16.2. The topological polar surface area (TPSA) is 28.5 Å². The second-order valence-corrected chi connectivity index (χ2v) is 9.47. The third kappa shape index (κ3) is 4.65. The molecule has 2 aromatic carbocycles. The number of thiophene rings is 1. The monoisotopic (exact) mass is 455 g/mol. The summed E-state index contributed by atoms with van der Waals surface area (Å²) in [6.07, 6.45) is 4.38. The molecule has 1 aliphatic heterocycles. The summed E-state index contributed by atoms with van der Waals surface area (Å²) in [7, 11) is 0. The van der Waals surface area contributed by atoms with Crippen LogP contribution in [0.25, 0.3) is 16.3 Å². The third-order valence-corrected chi connectivity index (χ3v) is 7.39. The Labute approximate surface area is 199 Å². The molecule has 1 amide bonds. The number of piperazine rings is 1. The highest BCUT2D eigenvalue weighted by Gasteiger charge is 2.27. The van der Waals surface area contributed by atoms with Gasteiger partial charge in [0.25, 0.3) is 5.91 Å². The number of rotatable bonds is 6. The van der Waals surface area contributed by atoms with Crippen LogP contribution in [0.1, 0.15) is 34.6 Å². The van der Waals surface area contributed by atoms with E-state index in [0.29, 0.717) is 0 Å². The van der Waals surface area contributed by atoms with Crippen molar-refractivity contribution < 1.29 is 4.79 Å². The van der Waals surface area contributed by atoms with E-state index in [9.17, 15) is 4.79 Å². The van der Waals surface area contributed by atoms with Gasteiger partial charge in [0.15, 0.2) is 0 Å². The van der Waals surface area contributed by atoms with Gasteiger partial charge in [0.1, 0.15) is 10.5 Å². The number of carbonyl (C=O) groups excluding carboxylic acids is 1. The molecule has 1 fully saturated rings. The smallest absolute Gasteiger partial charge is 0.270 e. The first kappa shape index (κ1) is 21.7. The van der Waals surface area contributed by atoms with E-state index in [1.807, 2.05) is 17.0 Å². The molecule has 33 heavy (non-hydrogen) atoms. The number of benzene rings is 2. The minimum absolute atomic E-state index is 0.103. The summed E-state index contributed by atoms with van der Waals surface area (Å²) >= 11 is 1.71. The highest BCUT2D eigenvalue weighted by Crippen LogP contribution is 2.32. The van der Waals surface area contributed by atoms with Crippen molar-refractivity contribution in [3.8, 4) is 0 Å². The van der Waals surface area contributed by atoms with E-state index < -0.39 is 0 Å². The van der Waals surface area contributed by atoms with Gasteiger partial charge in [-0.25, -0.2) is 0 Å². The van der Waals surface area contributed by atoms with E-state index in [-0.39, 0.29) is 11.9 Å². The number of amides is 1. The summed E-state index contributed by atoms with van der Waals surface area (Å²) < 4.78 is 2.23. The van der Waals surface area contributed by atoms with Crippen molar-refractivity contribution in [2.45, 2.75) is 13.0 Å². The molecule has 1 saturated heterocycles. The quantitative estimate of drug-likeness (QED) is 0.369. The van der Waals surface area contributed by atoms with Crippen LogP contribution in [0.15, 0.2) is 84.3 Å². The molecule has 5 heteroatoms. The molecule has 4 aromatic rings. The summed E-state index contributed by atoms with van der Waals surface area (Å²) in [5.41, 5.74) is 3.23. The summed E-state index contributed by atoms with van der Waals surface area (Å²) in [5, 5.41) is 3.25. The fourth-order valence-electron chi connectivity index (χ4n) is 4.57. The zero-order chi connectivity index (χ0) is 22.6. The molecule has 3 heterocycles. The number of hydrogen-bond donors (Lipinski definition) is 0. The summed E-state index contributed by atoms with van der Waals surface area (Å²) in [5.74, 6) is 0.139. The lowest BCUT2D eigenvalue weighted by Gasteiger charge is -2.34. The SMILES string of the molecule is C[C@@H](c1ccccc1)n1c(C(=O)N2CCN(C/C=C/c3ccccc3)CC2)cc2ccsc21. The minimum Gasteiger partial charge on any atom is -0.335 e. The van der Waals surface area contributed by atoms with E-state index in [0.717, 1.165) is 43.8 Å². The van der Waals surface area contributed by atoms with Crippen molar-refractivity contribution >= 4 is 33.5 Å². The predicted octanol–water partition coefficient (Wildman–Crippen LogP) is 5.78. The van der Waals surface area contributed by atoms with Crippen molar-refractivity contribution in [3.63, 3.8) is 0 Å². The number of fused-ring (bicyclic) bond motifs is 1. The molecule has 0 N–H and O–H groups in total. The zero-order valence-electron chi connectivity index (χ0n) is 18.9. The number of aromatic nitrogens is 1. The van der Waals surface area contributed by atoms with Crippen LogP contribution < -0.4 is 0 Å². The molecule has 4 nitrogen and oxygen atoms in total. The van der Waals surface area contributed by atoms with Crippen LogP contribution in [0, 0.1) is 0 Å². The Kier molecular flexibility index (Phi) is 6.42. The lowest BCUT2D eigenvalue weighted by molar-refractivity contribution is 0.0639. The number of carbonyl (C=O) groups is 1. The molecule has 0 saturated carbocycles. The standard InChI is InChI=1S/C28H29N3OS/c1-22(24-12-6-3-7-13-24)31-26(21-25-14-20-33-28(25)31)27(32)30-18-16-29(17-19-30)15-8-11-23-9-4-2-5-10-23/h2-14,20-22H,15-19H2,1H3/b11-8+/t22-/m0/s1. The van der Waals surface area contributed by atoms with Crippen LogP contribution in [0.3, 0.4) is 0 Å². The van der Waals surface area contributed by atoms with Gasteiger partial charge in [0, 0.05) is 38.1 Å². The largest absolute Gasteiger partial charge is 0.335 e. The van der Waals surface area contributed by atoms with Crippen molar-refractivity contribution in [3.05, 3.63) is 101 Å². The van der Waals surface area contributed by atoms with Crippen molar-refractivity contribution in [1.82, 2.24) is 14.4 Å². The lowest BCUT2D eigenvalue weighted by atomic mass is 10.1. The Bertz CT molecular complexity index is 1230. The molecule has 0 unspecified atom stereocenters. The predicted molar refractivity (Wildman–Crippen MR) is 138 cm³/mol. The highest BCUT2D eigenvalue weighted by molar-refractivity contribution is 7.16. The number of nitrogens with zero attached hydrogens (tertiary/aromatic N) is 3. The summed E-state index contributed by atoms with van der Waals surface area (Å²) in [4.78, 5) is 19.2. The maximum Gasteiger partial charge on any atom is 0.270 e. The lowest BCUT2D eigenvalue weighted by Crippen LogP contribution is -2.49. The molecule has 1 atom stereocenters. The highest BCUT2D eigenvalue weighted by atomic mass is 32.1. The normalized spacial score (nSPS) is 16.0. The van der Waals surface area contributed by atoms with Crippen LogP contribution >= 0.6 is 11.3 Å². The molecule has 1 aliphatic rings. The fraction of sp³-hybridized carbons (Fsp3) is 0.250. The van der Waals surface area contributed by atoms with Gasteiger partial charge in [-0.1, -0.05) is 72.8 Å². The Balaban J connectivity index is 1.28. The van der Waals surface area contributed by atoms with Crippen LogP contribution in [0.4, 0.5) is 0 Å². The van der Waals surface area contributed by atoms with Crippen LogP contribution in [-0.4, -0.2) is 53.0 Å². The fourth-order valence-corrected chi connectivity index (χ4v) is 5.55. The maximum atomic E-state index is 13.6. The first-order valence-electron chi connectivity index (χ1n) is 11.6. The van der Waals surface area contributed by atoms with Gasteiger partial charge in [0.2, 0.25) is 0 Å². The van der Waals surface area contributed by atoms with Crippen molar-refractivity contribution in [2.75, 3.05) is 32.7 Å². The summed E-state index contributed by atoms with van der Waals surface area (Å²) in [6.45, 7) is 6.41. The van der Waals surface area contributed by atoms with E-state index in [1.165, 1.54) is 16.0 Å². The van der Waals surface area contributed by atoms with Crippen molar-refractivity contribution in [1.29, 1.82) is 0 Å². The molecule has 168 valence electrons. The Morgan fingerprint density at radius 2 is 1.67 bits per heavy atom. The zero-order valence-corrected chi connectivity index (χ0v) is 19.7. The van der Waals surface area contributed by atoms with Gasteiger partial charge in [-0.05, 0) is 35.6 Å². The van der Waals surface area contributed by atoms with Gasteiger partial charge in [-0.2, -0.15) is 0 Å². The van der Waals surface area contributed by atoms with Gasteiger partial charge in [-0.15, -0.1) is 11.3 Å². The maximum absolute atomic E-state index is 13.6. The van der Waals surface area contributed by atoms with Crippen LogP contribution in [-0.2, 0) is 0 Å². The second-order valence-electron chi connectivity index (χ2n) is 8.57. The second kappa shape index (κ2) is 9.77. The summed E-state index contributed by atoms with van der Waals surface area (Å²) in [6, 6.07) is 25.1. The van der Waals surface area contributed by atoms with Gasteiger partial charge in [-0.3, -0.25) is 9.69 Å². The van der Waals surface area contributed by atoms with Crippen molar-refractivity contribution in [2.24, 2.45) is 0 Å². The minimum atomic E-state index is 0.103. The molecule has 0 radical (unpaired) electrons. The Morgan fingerprint density at radius 3 is 2.39 bits per heavy atom. The molecule has 0 spiro atoms. The molecular weight excluding hydrogens is 426 g/mol. The average molecular weight is 456 g/mol. The molecule has 0 bridgehead atoms. The average Bonchev–Trinajstić information content (AvgIpc) is 3.46. The van der Waals surface area contributed by atoms with Crippen LogP contribution in [0.2, 0.25) is 0 Å². The molecule has 2 aromatic heterocycles. The van der Waals surface area contributed by atoms with Crippen LogP contribution in [0.5, 0.6) is 0 Å². The Hall–Kier alpha value is -3.15. The molecule has 0 aliphatic carbocycles. The first-order valence-corrected chi connectivity index (χ1v) is 12.5. The molecular formula is C28H29N3OS. The van der Waals surface area contributed by atoms with Gasteiger partial charge < -0.3 is 9.47 Å². The van der Waals surface area contributed by atoms with E-state index >= 15 is 0 Å². The van der Waals surface area contributed by atoms with E-state index in [4.69, 9.17) is 0 Å². The van der Waals surface area contributed by atoms with Gasteiger partial charge in [0.05, 0.1) is 6.04 Å². The molecule has 5 rings (SSSR count). The van der Waals surface area contributed by atoms with Gasteiger partial charge >= 0.3 is 0 Å².